The van der Waals surface area contributed by atoms with Crippen LogP contribution in [0, 0.1) is 11.8 Å². The van der Waals surface area contributed by atoms with Crippen LogP contribution in [0.25, 0.3) is 0 Å². The number of likely N-dealkylation sites (tertiary alicyclic amines) is 2. The van der Waals surface area contributed by atoms with Gasteiger partial charge in [-0.1, -0.05) is 0 Å². The molecule has 34 heavy (non-hydrogen) atoms. The Bertz CT molecular complexity index is 714. The molecule has 2 rings (SSSR count). The molecule has 10 nitrogen and oxygen atoms in total. The van der Waals surface area contributed by atoms with Crippen molar-refractivity contribution in [3.8, 4) is 0 Å². The average molecular weight is 484 g/mol. The van der Waals surface area contributed by atoms with Gasteiger partial charge >= 0.3 is 12.1 Å². The van der Waals surface area contributed by atoms with E-state index in [2.05, 4.69) is 5.32 Å². The highest BCUT2D eigenvalue weighted by Gasteiger charge is 2.31. The monoisotopic (exact) mass is 483 g/mol. The second-order valence-corrected chi connectivity index (χ2v) is 10.4. The molecule has 10 heteroatoms. The molecule has 0 unspecified atom stereocenters. The molecular formula is C24H41N3O7. The Kier molecular flexibility index (Phi) is 10.6. The van der Waals surface area contributed by atoms with Crippen molar-refractivity contribution in [1.29, 1.82) is 0 Å². The Morgan fingerprint density at radius 3 is 2.32 bits per heavy atom. The van der Waals surface area contributed by atoms with Crippen LogP contribution < -0.4 is 5.32 Å². The van der Waals surface area contributed by atoms with E-state index in [9.17, 15) is 19.2 Å². The van der Waals surface area contributed by atoms with Crippen LogP contribution in [0.15, 0.2) is 0 Å². The highest BCUT2D eigenvalue weighted by Crippen LogP contribution is 2.25. The third-order valence-electron chi connectivity index (χ3n) is 6.31. The van der Waals surface area contributed by atoms with Gasteiger partial charge in [-0.05, 0) is 58.8 Å². The second kappa shape index (κ2) is 12.9. The number of aliphatic carboxylic acids is 1. The third kappa shape index (κ3) is 9.48. The maximum absolute atomic E-state index is 12.8. The van der Waals surface area contributed by atoms with E-state index in [0.29, 0.717) is 44.9 Å². The summed E-state index contributed by atoms with van der Waals surface area (Å²) >= 11 is 0. The summed E-state index contributed by atoms with van der Waals surface area (Å²) in [6, 6.07) is -0.590. The summed E-state index contributed by atoms with van der Waals surface area (Å²) in [6.07, 6.45) is 3.82. The molecule has 194 valence electrons. The molecule has 2 N–H and O–H groups in total. The molecule has 0 aromatic carbocycles. The van der Waals surface area contributed by atoms with Gasteiger partial charge in [-0.15, -0.1) is 0 Å². The summed E-state index contributed by atoms with van der Waals surface area (Å²) in [6.45, 7) is 7.95. The van der Waals surface area contributed by atoms with Gasteiger partial charge in [0, 0.05) is 39.7 Å². The van der Waals surface area contributed by atoms with Crippen molar-refractivity contribution in [2.45, 2.75) is 77.4 Å². The molecule has 0 spiro atoms. The van der Waals surface area contributed by atoms with Crippen molar-refractivity contribution >= 4 is 23.9 Å². The summed E-state index contributed by atoms with van der Waals surface area (Å²) < 4.78 is 10.4. The number of ether oxygens (including phenoxy) is 2. The van der Waals surface area contributed by atoms with Crippen LogP contribution in [0.5, 0.6) is 0 Å². The van der Waals surface area contributed by atoms with Crippen LogP contribution in [0.3, 0.4) is 0 Å². The molecule has 0 radical (unpaired) electrons. The molecule has 0 saturated carbocycles. The molecule has 0 bridgehead atoms. The number of carbonyl (C=O) groups excluding carboxylic acids is 3. The number of nitrogens with zero attached hydrogens (tertiary/aromatic N) is 2. The van der Waals surface area contributed by atoms with Crippen LogP contribution in [-0.2, 0) is 23.9 Å². The van der Waals surface area contributed by atoms with E-state index < -0.39 is 17.6 Å². The van der Waals surface area contributed by atoms with Gasteiger partial charge in [-0.25, -0.2) is 4.79 Å². The Hall–Kier alpha value is -2.36. The van der Waals surface area contributed by atoms with Gasteiger partial charge in [0.2, 0.25) is 11.8 Å². The van der Waals surface area contributed by atoms with Crippen LogP contribution in [0.1, 0.15) is 65.7 Å². The van der Waals surface area contributed by atoms with E-state index in [-0.39, 0.29) is 36.9 Å². The summed E-state index contributed by atoms with van der Waals surface area (Å²) in [4.78, 5) is 52.2. The van der Waals surface area contributed by atoms with E-state index in [1.165, 1.54) is 7.11 Å². The van der Waals surface area contributed by atoms with Gasteiger partial charge in [0.05, 0.1) is 25.0 Å². The lowest BCUT2D eigenvalue weighted by Crippen LogP contribution is -2.49. The summed E-state index contributed by atoms with van der Waals surface area (Å²) in [5.41, 5.74) is -0.509. The standard InChI is InChI=1S/C24H41N3O7/c1-24(2,3)34-23(32)26-12-9-17(10-13-26)7-8-20(28)27-11-5-6-18(15-27)22(31)25-19(16-33-4)14-21(29)30/h17-19H,5-16H2,1-4H3,(H,25,31)(H,29,30)/t18-,19+/m1/s1. The Morgan fingerprint density at radius 1 is 1.06 bits per heavy atom. The number of hydrogen-bond donors (Lipinski definition) is 2. The largest absolute Gasteiger partial charge is 0.481 e. The van der Waals surface area contributed by atoms with Gasteiger partial charge in [-0.3, -0.25) is 14.4 Å². The molecule has 2 fully saturated rings. The molecule has 2 atom stereocenters. The molecule has 2 aliphatic heterocycles. The maximum Gasteiger partial charge on any atom is 0.410 e. The van der Waals surface area contributed by atoms with E-state index >= 15 is 0 Å². The first-order valence-electron chi connectivity index (χ1n) is 12.2. The number of methoxy groups -OCH3 is 1. The van der Waals surface area contributed by atoms with Gasteiger partial charge in [0.25, 0.3) is 0 Å². The van der Waals surface area contributed by atoms with E-state index in [1.54, 1.807) is 9.80 Å². The lowest BCUT2D eigenvalue weighted by molar-refractivity contribution is -0.138. The Labute approximate surface area is 202 Å². The van der Waals surface area contributed by atoms with Crippen LogP contribution in [0.4, 0.5) is 4.79 Å². The molecule has 0 aromatic heterocycles. The van der Waals surface area contributed by atoms with Crippen molar-refractivity contribution < 1.29 is 33.8 Å². The normalized spacial score (nSPS) is 20.5. The first-order valence-corrected chi connectivity index (χ1v) is 12.2. The van der Waals surface area contributed by atoms with Crippen LogP contribution >= 0.6 is 0 Å². The van der Waals surface area contributed by atoms with Gasteiger partial charge in [-0.2, -0.15) is 0 Å². The number of amides is 3. The molecule has 2 heterocycles. The fourth-order valence-electron chi connectivity index (χ4n) is 4.52. The zero-order chi connectivity index (χ0) is 25.3. The number of hydrogen-bond acceptors (Lipinski definition) is 6. The maximum atomic E-state index is 12.8. The summed E-state index contributed by atoms with van der Waals surface area (Å²) in [7, 11) is 1.46. The fraction of sp³-hybridized carbons (Fsp3) is 0.833. The predicted molar refractivity (Wildman–Crippen MR) is 125 cm³/mol. The number of rotatable bonds is 9. The summed E-state index contributed by atoms with van der Waals surface area (Å²) in [5.74, 6) is -1.14. The minimum absolute atomic E-state index is 0.0473. The molecule has 0 aliphatic carbocycles. The first kappa shape index (κ1) is 27.9. The quantitative estimate of drug-likeness (QED) is 0.515. The minimum atomic E-state index is -1.00. The number of carbonyl (C=O) groups is 4. The molecule has 3 amide bonds. The van der Waals surface area contributed by atoms with E-state index in [1.807, 2.05) is 20.8 Å². The van der Waals surface area contributed by atoms with Crippen molar-refractivity contribution in [1.82, 2.24) is 15.1 Å². The highest BCUT2D eigenvalue weighted by molar-refractivity contribution is 5.82. The molecule has 2 aliphatic rings. The lowest BCUT2D eigenvalue weighted by Gasteiger charge is -2.35. The third-order valence-corrected chi connectivity index (χ3v) is 6.31. The average Bonchev–Trinajstić information content (AvgIpc) is 2.76. The topological polar surface area (TPSA) is 125 Å². The Balaban J connectivity index is 1.75. The zero-order valence-electron chi connectivity index (χ0n) is 21.0. The predicted octanol–water partition coefficient (Wildman–Crippen LogP) is 2.26. The lowest BCUT2D eigenvalue weighted by atomic mass is 9.91. The molecular weight excluding hydrogens is 442 g/mol. The second-order valence-electron chi connectivity index (χ2n) is 10.4. The van der Waals surface area contributed by atoms with Crippen molar-refractivity contribution in [2.75, 3.05) is 39.9 Å². The number of carboxylic acids is 1. The zero-order valence-corrected chi connectivity index (χ0v) is 21.0. The van der Waals surface area contributed by atoms with Gasteiger partial charge < -0.3 is 29.7 Å². The fourth-order valence-corrected chi connectivity index (χ4v) is 4.52. The van der Waals surface area contributed by atoms with Gasteiger partial charge in [0.15, 0.2) is 0 Å². The first-order chi connectivity index (χ1) is 16.0. The Morgan fingerprint density at radius 2 is 1.74 bits per heavy atom. The molecule has 2 saturated heterocycles. The highest BCUT2D eigenvalue weighted by atomic mass is 16.6. The van der Waals surface area contributed by atoms with Gasteiger partial charge in [0.1, 0.15) is 5.60 Å². The van der Waals surface area contributed by atoms with Crippen LogP contribution in [-0.4, -0.2) is 90.3 Å². The number of nitrogens with one attached hydrogen (secondary N) is 1. The number of piperidine rings is 2. The molecule has 0 aromatic rings. The number of carboxylic acid groups (broad SMARTS) is 1. The smallest absolute Gasteiger partial charge is 0.410 e. The van der Waals surface area contributed by atoms with E-state index in [4.69, 9.17) is 14.6 Å². The van der Waals surface area contributed by atoms with Crippen molar-refractivity contribution in [3.63, 3.8) is 0 Å². The minimum Gasteiger partial charge on any atom is -0.481 e. The van der Waals surface area contributed by atoms with E-state index in [0.717, 1.165) is 25.7 Å². The van der Waals surface area contributed by atoms with Crippen molar-refractivity contribution in [2.24, 2.45) is 11.8 Å². The van der Waals surface area contributed by atoms with Crippen molar-refractivity contribution in [3.05, 3.63) is 0 Å². The summed E-state index contributed by atoms with van der Waals surface area (Å²) in [5, 5.41) is 11.8. The SMILES string of the molecule is COC[C@H](CC(=O)O)NC(=O)[C@@H]1CCCN(C(=O)CCC2CCN(C(=O)OC(C)(C)C)CC2)C1. The van der Waals surface area contributed by atoms with Crippen LogP contribution in [0.2, 0.25) is 0 Å².